The minimum absolute atomic E-state index is 0.116. The highest BCUT2D eigenvalue weighted by Gasteiger charge is 2.22. The Morgan fingerprint density at radius 1 is 1.50 bits per heavy atom. The summed E-state index contributed by atoms with van der Waals surface area (Å²) >= 11 is 0. The van der Waals surface area contributed by atoms with Crippen LogP contribution in [0.2, 0.25) is 0 Å². The van der Waals surface area contributed by atoms with Crippen LogP contribution in [0.5, 0.6) is 0 Å². The van der Waals surface area contributed by atoms with E-state index in [1.807, 2.05) is 0 Å². The Morgan fingerprint density at radius 3 is 2.94 bits per heavy atom. The smallest absolute Gasteiger partial charge is 0.242 e. The lowest BCUT2D eigenvalue weighted by atomic mass is 10.2. The van der Waals surface area contributed by atoms with Gasteiger partial charge >= 0.3 is 0 Å². The fourth-order valence-electron chi connectivity index (χ4n) is 1.84. The number of nitrogen functional groups attached to an aromatic ring is 1. The second kappa shape index (κ2) is 5.21. The molecule has 1 aromatic carbocycles. The Morgan fingerprint density at radius 2 is 2.28 bits per heavy atom. The second-order valence-corrected chi connectivity index (χ2v) is 5.87. The van der Waals surface area contributed by atoms with Crippen LogP contribution in [0.4, 0.5) is 10.1 Å². The molecule has 0 saturated carbocycles. The number of ether oxygens (including phenoxy) is 1. The molecule has 1 aromatic rings. The van der Waals surface area contributed by atoms with Crippen molar-refractivity contribution in [1.29, 1.82) is 0 Å². The van der Waals surface area contributed by atoms with Gasteiger partial charge in [-0.05, 0) is 25.0 Å². The van der Waals surface area contributed by atoms with E-state index in [1.165, 1.54) is 12.1 Å². The second-order valence-electron chi connectivity index (χ2n) is 4.14. The summed E-state index contributed by atoms with van der Waals surface area (Å²) < 4.78 is 44.8. The van der Waals surface area contributed by atoms with Crippen LogP contribution in [-0.2, 0) is 14.8 Å². The van der Waals surface area contributed by atoms with Gasteiger partial charge in [0.2, 0.25) is 10.0 Å². The van der Waals surface area contributed by atoms with Gasteiger partial charge in [-0.1, -0.05) is 6.07 Å². The van der Waals surface area contributed by atoms with Gasteiger partial charge in [0.15, 0.2) is 0 Å². The average Bonchev–Trinajstić information content (AvgIpc) is 2.83. The molecule has 1 unspecified atom stereocenters. The zero-order chi connectivity index (χ0) is 13.2. The summed E-state index contributed by atoms with van der Waals surface area (Å²) in [4.78, 5) is -0.236. The number of para-hydroxylation sites is 1. The van der Waals surface area contributed by atoms with Crippen LogP contribution in [-0.4, -0.2) is 27.7 Å². The predicted molar refractivity (Wildman–Crippen MR) is 65.0 cm³/mol. The number of nitrogens with two attached hydrogens (primary N) is 1. The van der Waals surface area contributed by atoms with Crippen molar-refractivity contribution in [3.8, 4) is 0 Å². The average molecular weight is 274 g/mol. The number of nitrogens with one attached hydrogen (secondary N) is 1. The lowest BCUT2D eigenvalue weighted by molar-refractivity contribution is 0.114. The lowest BCUT2D eigenvalue weighted by Gasteiger charge is -2.12. The fourth-order valence-corrected chi connectivity index (χ4v) is 3.04. The zero-order valence-corrected chi connectivity index (χ0v) is 10.5. The molecule has 0 spiro atoms. The van der Waals surface area contributed by atoms with Crippen molar-refractivity contribution in [2.45, 2.75) is 23.8 Å². The molecule has 0 radical (unpaired) electrons. The first-order valence-corrected chi connectivity index (χ1v) is 7.14. The molecule has 1 aliphatic rings. The van der Waals surface area contributed by atoms with E-state index in [-0.39, 0.29) is 23.2 Å². The predicted octanol–water partition coefficient (Wildman–Crippen LogP) is 0.865. The van der Waals surface area contributed by atoms with E-state index < -0.39 is 15.8 Å². The van der Waals surface area contributed by atoms with Gasteiger partial charge in [-0.2, -0.15) is 0 Å². The minimum atomic E-state index is -3.80. The normalized spacial score (nSPS) is 20.2. The summed E-state index contributed by atoms with van der Waals surface area (Å²) in [5.41, 5.74) is 5.06. The molecule has 1 heterocycles. The Labute approximate surface area is 105 Å². The molecule has 0 amide bonds. The van der Waals surface area contributed by atoms with Gasteiger partial charge in [-0.15, -0.1) is 0 Å². The van der Waals surface area contributed by atoms with Gasteiger partial charge in [-0.25, -0.2) is 17.5 Å². The van der Waals surface area contributed by atoms with Crippen LogP contribution >= 0.6 is 0 Å². The largest absolute Gasteiger partial charge is 0.395 e. The van der Waals surface area contributed by atoms with Crippen LogP contribution in [0.15, 0.2) is 23.1 Å². The molecule has 1 fully saturated rings. The van der Waals surface area contributed by atoms with Gasteiger partial charge in [0, 0.05) is 13.2 Å². The van der Waals surface area contributed by atoms with Crippen molar-refractivity contribution >= 4 is 15.7 Å². The van der Waals surface area contributed by atoms with Crippen molar-refractivity contribution in [2.24, 2.45) is 0 Å². The molecule has 7 heteroatoms. The first-order valence-electron chi connectivity index (χ1n) is 5.66. The molecule has 18 heavy (non-hydrogen) atoms. The topological polar surface area (TPSA) is 81.4 Å². The van der Waals surface area contributed by atoms with E-state index >= 15 is 0 Å². The van der Waals surface area contributed by atoms with Gasteiger partial charge in [0.05, 0.1) is 11.8 Å². The molecule has 2 rings (SSSR count). The quantitative estimate of drug-likeness (QED) is 0.798. The summed E-state index contributed by atoms with van der Waals surface area (Å²) in [6.45, 7) is 0.826. The van der Waals surface area contributed by atoms with Crippen molar-refractivity contribution in [3.63, 3.8) is 0 Å². The van der Waals surface area contributed by atoms with Crippen LogP contribution in [0, 0.1) is 5.82 Å². The summed E-state index contributed by atoms with van der Waals surface area (Å²) in [7, 11) is -3.80. The van der Waals surface area contributed by atoms with E-state index in [2.05, 4.69) is 4.72 Å². The Balaban J connectivity index is 2.12. The molecule has 1 atom stereocenters. The third-order valence-electron chi connectivity index (χ3n) is 2.83. The third-order valence-corrected chi connectivity index (χ3v) is 4.31. The molecule has 1 saturated heterocycles. The number of sulfonamides is 1. The molecular formula is C11H15FN2O3S. The molecular weight excluding hydrogens is 259 g/mol. The van der Waals surface area contributed by atoms with Crippen molar-refractivity contribution in [1.82, 2.24) is 4.72 Å². The number of halogens is 1. The first-order chi connectivity index (χ1) is 8.50. The molecule has 1 aliphatic heterocycles. The van der Waals surface area contributed by atoms with Gasteiger partial charge in [-0.3, -0.25) is 0 Å². The molecule has 3 N–H and O–H groups in total. The number of hydrogen-bond donors (Lipinski definition) is 2. The van der Waals surface area contributed by atoms with Crippen LogP contribution in [0.25, 0.3) is 0 Å². The SMILES string of the molecule is Nc1c(F)cccc1S(=O)(=O)NCC1CCCO1. The maximum Gasteiger partial charge on any atom is 0.242 e. The maximum absolute atomic E-state index is 13.2. The van der Waals surface area contributed by atoms with Crippen LogP contribution in [0.3, 0.4) is 0 Å². The molecule has 0 bridgehead atoms. The molecule has 0 aliphatic carbocycles. The maximum atomic E-state index is 13.2. The Hall–Kier alpha value is -1.18. The van der Waals surface area contributed by atoms with Gasteiger partial charge in [0.25, 0.3) is 0 Å². The Bertz CT molecular complexity index is 527. The van der Waals surface area contributed by atoms with Gasteiger partial charge < -0.3 is 10.5 Å². The van der Waals surface area contributed by atoms with E-state index in [0.29, 0.717) is 6.61 Å². The minimum Gasteiger partial charge on any atom is -0.395 e. The number of hydrogen-bond acceptors (Lipinski definition) is 4. The summed E-state index contributed by atoms with van der Waals surface area (Å²) in [6, 6.07) is 3.71. The Kier molecular flexibility index (Phi) is 3.84. The van der Waals surface area contributed by atoms with E-state index in [9.17, 15) is 12.8 Å². The monoisotopic (exact) mass is 274 g/mol. The molecule has 5 nitrogen and oxygen atoms in total. The van der Waals surface area contributed by atoms with Gasteiger partial charge in [0.1, 0.15) is 10.7 Å². The van der Waals surface area contributed by atoms with E-state index in [0.717, 1.165) is 18.9 Å². The molecule has 100 valence electrons. The third kappa shape index (κ3) is 2.80. The van der Waals surface area contributed by atoms with Crippen molar-refractivity contribution in [2.75, 3.05) is 18.9 Å². The highest BCUT2D eigenvalue weighted by atomic mass is 32.2. The standard InChI is InChI=1S/C11H15FN2O3S/c12-9-4-1-5-10(11(9)13)18(15,16)14-7-8-3-2-6-17-8/h1,4-5,8,14H,2-3,6-7,13H2. The fraction of sp³-hybridized carbons (Fsp3) is 0.455. The summed E-state index contributed by atoms with van der Waals surface area (Å²) in [5.74, 6) is -0.741. The number of benzene rings is 1. The number of anilines is 1. The van der Waals surface area contributed by atoms with E-state index in [4.69, 9.17) is 10.5 Å². The highest BCUT2D eigenvalue weighted by Crippen LogP contribution is 2.21. The lowest BCUT2D eigenvalue weighted by Crippen LogP contribution is -2.32. The molecule has 0 aromatic heterocycles. The van der Waals surface area contributed by atoms with E-state index in [1.54, 1.807) is 0 Å². The zero-order valence-electron chi connectivity index (χ0n) is 9.73. The highest BCUT2D eigenvalue weighted by molar-refractivity contribution is 7.89. The summed E-state index contributed by atoms with van der Waals surface area (Å²) in [6.07, 6.45) is 1.63. The summed E-state index contributed by atoms with van der Waals surface area (Å²) in [5, 5.41) is 0. The first kappa shape index (κ1) is 13.3. The number of rotatable bonds is 4. The van der Waals surface area contributed by atoms with Crippen molar-refractivity contribution in [3.05, 3.63) is 24.0 Å². The van der Waals surface area contributed by atoms with Crippen LogP contribution < -0.4 is 10.5 Å². The van der Waals surface area contributed by atoms with Crippen molar-refractivity contribution < 1.29 is 17.5 Å². The van der Waals surface area contributed by atoms with Crippen LogP contribution in [0.1, 0.15) is 12.8 Å².